The van der Waals surface area contributed by atoms with Crippen molar-refractivity contribution in [1.82, 2.24) is 5.32 Å². The van der Waals surface area contributed by atoms with Crippen LogP contribution in [0.1, 0.15) is 19.8 Å². The number of Topliss-reactive ketones (excluding diaryl/α,β-unsaturated/α-hetero) is 1. The van der Waals surface area contributed by atoms with E-state index in [9.17, 15) is 13.2 Å². The van der Waals surface area contributed by atoms with E-state index in [0.717, 1.165) is 0 Å². The van der Waals surface area contributed by atoms with Gasteiger partial charge in [0.1, 0.15) is 12.4 Å². The molecule has 0 amide bonds. The smallest absolute Gasteiger partial charge is 0.266 e. The molecule has 0 aliphatic carbocycles. The third-order valence-electron chi connectivity index (χ3n) is 2.92. The van der Waals surface area contributed by atoms with Crippen molar-refractivity contribution in [2.24, 2.45) is 0 Å². The highest BCUT2D eigenvalue weighted by Crippen LogP contribution is 2.15. The Kier molecular flexibility index (Phi) is 7.81. The van der Waals surface area contributed by atoms with Crippen molar-refractivity contribution in [2.75, 3.05) is 18.9 Å². The molecule has 1 rings (SSSR count). The molecule has 0 heterocycles. The minimum absolute atomic E-state index is 0.0145. The molecule has 1 aromatic carbocycles. The SMILES string of the molecule is CC(CCC(=O)COc1ccc(Cl)cc1)NCCS(=O)(=O)O. The molecule has 1 atom stereocenters. The van der Waals surface area contributed by atoms with E-state index in [1.54, 1.807) is 24.3 Å². The minimum Gasteiger partial charge on any atom is -0.486 e. The molecular formula is C14H20ClNO5S. The van der Waals surface area contributed by atoms with Crippen molar-refractivity contribution >= 4 is 27.5 Å². The molecule has 0 spiro atoms. The van der Waals surface area contributed by atoms with Gasteiger partial charge in [0.2, 0.25) is 0 Å². The van der Waals surface area contributed by atoms with Crippen molar-refractivity contribution in [3.05, 3.63) is 29.3 Å². The summed E-state index contributed by atoms with van der Waals surface area (Å²) in [5.41, 5.74) is 0. The third kappa shape index (κ3) is 8.99. The first-order valence-corrected chi connectivity index (χ1v) is 8.83. The zero-order valence-corrected chi connectivity index (χ0v) is 13.9. The molecule has 0 fully saturated rings. The maximum atomic E-state index is 11.7. The van der Waals surface area contributed by atoms with Gasteiger partial charge in [0, 0.05) is 24.0 Å². The van der Waals surface area contributed by atoms with E-state index >= 15 is 0 Å². The molecule has 8 heteroatoms. The number of hydrogen-bond donors (Lipinski definition) is 2. The van der Waals surface area contributed by atoms with Crippen molar-refractivity contribution < 1.29 is 22.5 Å². The molecule has 0 aliphatic rings. The van der Waals surface area contributed by atoms with Crippen LogP contribution in [0.15, 0.2) is 24.3 Å². The summed E-state index contributed by atoms with van der Waals surface area (Å²) in [7, 11) is -3.95. The lowest BCUT2D eigenvalue weighted by Crippen LogP contribution is -2.31. The topological polar surface area (TPSA) is 92.7 Å². The molecule has 6 nitrogen and oxygen atoms in total. The van der Waals surface area contributed by atoms with Gasteiger partial charge in [0.25, 0.3) is 10.1 Å². The molecule has 0 bridgehead atoms. The van der Waals surface area contributed by atoms with Gasteiger partial charge in [-0.15, -0.1) is 0 Å². The van der Waals surface area contributed by atoms with Crippen LogP contribution in [0.3, 0.4) is 0 Å². The molecule has 1 aromatic rings. The highest BCUT2D eigenvalue weighted by molar-refractivity contribution is 7.85. The molecule has 0 aliphatic heterocycles. The predicted octanol–water partition coefficient (Wildman–Crippen LogP) is 1.93. The summed E-state index contributed by atoms with van der Waals surface area (Å²) < 4.78 is 35.1. The van der Waals surface area contributed by atoms with Crippen LogP contribution in [-0.2, 0) is 14.9 Å². The quantitative estimate of drug-likeness (QED) is 0.627. The Morgan fingerprint density at radius 1 is 1.36 bits per heavy atom. The number of rotatable bonds is 10. The average Bonchev–Trinajstić information content (AvgIpc) is 2.43. The number of carbonyl (C=O) groups is 1. The first-order valence-electron chi connectivity index (χ1n) is 6.85. The van der Waals surface area contributed by atoms with Gasteiger partial charge in [-0.1, -0.05) is 11.6 Å². The minimum atomic E-state index is -3.95. The zero-order chi connectivity index (χ0) is 16.6. The molecule has 22 heavy (non-hydrogen) atoms. The van der Waals surface area contributed by atoms with Gasteiger partial charge in [-0.2, -0.15) is 8.42 Å². The lowest BCUT2D eigenvalue weighted by Gasteiger charge is -2.12. The lowest BCUT2D eigenvalue weighted by atomic mass is 10.1. The van der Waals surface area contributed by atoms with Crippen molar-refractivity contribution in [3.63, 3.8) is 0 Å². The summed E-state index contributed by atoms with van der Waals surface area (Å²) in [5, 5.41) is 3.53. The maximum absolute atomic E-state index is 11.7. The first-order chi connectivity index (χ1) is 10.3. The van der Waals surface area contributed by atoms with E-state index in [-0.39, 0.29) is 30.7 Å². The summed E-state index contributed by atoms with van der Waals surface area (Å²) in [6.07, 6.45) is 0.891. The van der Waals surface area contributed by atoms with E-state index < -0.39 is 10.1 Å². The van der Waals surface area contributed by atoms with Crippen molar-refractivity contribution in [2.45, 2.75) is 25.8 Å². The number of ether oxygens (including phenoxy) is 1. The van der Waals surface area contributed by atoms with E-state index in [1.165, 1.54) is 0 Å². The number of ketones is 1. The van der Waals surface area contributed by atoms with Crippen molar-refractivity contribution in [1.29, 1.82) is 0 Å². The highest BCUT2D eigenvalue weighted by Gasteiger charge is 2.09. The summed E-state index contributed by atoms with van der Waals surface area (Å²) in [4.78, 5) is 11.7. The number of carbonyl (C=O) groups excluding carboxylic acids is 1. The molecule has 0 saturated carbocycles. The second kappa shape index (κ2) is 9.09. The van der Waals surface area contributed by atoms with Crippen LogP contribution in [0.2, 0.25) is 5.02 Å². The fourth-order valence-electron chi connectivity index (χ4n) is 1.68. The molecule has 124 valence electrons. The third-order valence-corrected chi connectivity index (χ3v) is 3.89. The fourth-order valence-corrected chi connectivity index (χ4v) is 2.18. The van der Waals surface area contributed by atoms with Crippen LogP contribution in [-0.4, -0.2) is 43.7 Å². The molecule has 0 aromatic heterocycles. The number of benzene rings is 1. The second-order valence-electron chi connectivity index (χ2n) is 4.96. The van der Waals surface area contributed by atoms with Crippen LogP contribution in [0.4, 0.5) is 0 Å². The monoisotopic (exact) mass is 349 g/mol. The molecule has 0 radical (unpaired) electrons. The van der Waals surface area contributed by atoms with Crippen molar-refractivity contribution in [3.8, 4) is 5.75 Å². The van der Waals surface area contributed by atoms with Gasteiger partial charge in [-0.05, 0) is 37.6 Å². The van der Waals surface area contributed by atoms with Gasteiger partial charge in [-0.3, -0.25) is 9.35 Å². The van der Waals surface area contributed by atoms with Crippen LogP contribution in [0, 0.1) is 0 Å². The van der Waals surface area contributed by atoms with Crippen LogP contribution in [0.5, 0.6) is 5.75 Å². The van der Waals surface area contributed by atoms with Gasteiger partial charge in [0.05, 0.1) is 5.75 Å². The fraction of sp³-hybridized carbons (Fsp3) is 0.500. The predicted molar refractivity (Wildman–Crippen MR) is 85.1 cm³/mol. The summed E-state index contributed by atoms with van der Waals surface area (Å²) >= 11 is 5.75. The first kappa shape index (κ1) is 18.9. The molecule has 2 N–H and O–H groups in total. The van der Waals surface area contributed by atoms with Crippen LogP contribution < -0.4 is 10.1 Å². The van der Waals surface area contributed by atoms with Gasteiger partial charge >= 0.3 is 0 Å². The Hall–Kier alpha value is -1.15. The Balaban J connectivity index is 2.18. The molecule has 1 unspecified atom stereocenters. The molecule has 0 saturated heterocycles. The van der Waals surface area contributed by atoms with E-state index in [1.807, 2.05) is 6.92 Å². The van der Waals surface area contributed by atoms with Gasteiger partial charge in [-0.25, -0.2) is 0 Å². The number of halogens is 1. The Labute approximate surface area is 135 Å². The van der Waals surface area contributed by atoms with Crippen LogP contribution in [0.25, 0.3) is 0 Å². The Morgan fingerprint density at radius 3 is 2.59 bits per heavy atom. The zero-order valence-electron chi connectivity index (χ0n) is 12.3. The maximum Gasteiger partial charge on any atom is 0.266 e. The largest absolute Gasteiger partial charge is 0.486 e. The van der Waals surface area contributed by atoms with E-state index in [2.05, 4.69) is 5.32 Å². The highest BCUT2D eigenvalue weighted by atomic mass is 35.5. The average molecular weight is 350 g/mol. The van der Waals surface area contributed by atoms with E-state index in [0.29, 0.717) is 23.6 Å². The number of hydrogen-bond acceptors (Lipinski definition) is 5. The molecular weight excluding hydrogens is 330 g/mol. The summed E-state index contributed by atoms with van der Waals surface area (Å²) in [6, 6.07) is 6.72. The normalized spacial score (nSPS) is 12.9. The standard InChI is InChI=1S/C14H20ClNO5S/c1-11(16-8-9-22(18,19)20)2-5-13(17)10-21-14-6-3-12(15)4-7-14/h3-4,6-7,11,16H,2,5,8-10H2,1H3,(H,18,19,20). The van der Waals surface area contributed by atoms with E-state index in [4.69, 9.17) is 20.9 Å². The van der Waals surface area contributed by atoms with Crippen LogP contribution >= 0.6 is 11.6 Å². The number of nitrogens with one attached hydrogen (secondary N) is 1. The van der Waals surface area contributed by atoms with Gasteiger partial charge in [0.15, 0.2) is 5.78 Å². The lowest BCUT2D eigenvalue weighted by molar-refractivity contribution is -0.121. The Morgan fingerprint density at radius 2 is 2.00 bits per heavy atom. The summed E-state index contributed by atoms with van der Waals surface area (Å²) in [5.74, 6) is 0.195. The summed E-state index contributed by atoms with van der Waals surface area (Å²) in [6.45, 7) is 1.98. The second-order valence-corrected chi connectivity index (χ2v) is 6.97. The Bertz CT molecular complexity index is 573. The van der Waals surface area contributed by atoms with Gasteiger partial charge < -0.3 is 10.1 Å².